The molecule has 3 nitrogen and oxygen atoms in total. The second-order valence-electron chi connectivity index (χ2n) is 6.24. The van der Waals surface area contributed by atoms with Gasteiger partial charge in [-0.15, -0.1) is 0 Å². The lowest BCUT2D eigenvalue weighted by molar-refractivity contribution is 0.473. The Balaban J connectivity index is 1.54. The van der Waals surface area contributed by atoms with Crippen molar-refractivity contribution in [3.05, 3.63) is 75.6 Å². The molecule has 0 amide bonds. The first-order valence-electron chi connectivity index (χ1n) is 8.12. The molecule has 24 heavy (non-hydrogen) atoms. The minimum Gasteiger partial charge on any atom is -0.508 e. The van der Waals surface area contributed by atoms with Gasteiger partial charge in [0.2, 0.25) is 0 Å². The number of hydrogen-bond donors (Lipinski definition) is 1. The Bertz CT molecular complexity index is 941. The summed E-state index contributed by atoms with van der Waals surface area (Å²) in [5.41, 5.74) is 3.90. The van der Waals surface area contributed by atoms with E-state index in [1.807, 2.05) is 6.07 Å². The minimum absolute atomic E-state index is 0.105. The van der Waals surface area contributed by atoms with Crippen molar-refractivity contribution < 1.29 is 9.52 Å². The van der Waals surface area contributed by atoms with Gasteiger partial charge in [-0.2, -0.15) is 11.8 Å². The Morgan fingerprint density at radius 2 is 1.83 bits per heavy atom. The van der Waals surface area contributed by atoms with Crippen LogP contribution >= 0.6 is 11.8 Å². The van der Waals surface area contributed by atoms with Crippen molar-refractivity contribution in [2.24, 2.45) is 0 Å². The normalized spacial score (nSPS) is 14.2. The molecule has 0 aliphatic heterocycles. The van der Waals surface area contributed by atoms with E-state index in [1.54, 1.807) is 23.9 Å². The van der Waals surface area contributed by atoms with Crippen LogP contribution in [0.3, 0.4) is 0 Å². The molecule has 1 saturated carbocycles. The predicted molar refractivity (Wildman–Crippen MR) is 97.6 cm³/mol. The van der Waals surface area contributed by atoms with Gasteiger partial charge < -0.3 is 9.52 Å². The summed E-state index contributed by atoms with van der Waals surface area (Å²) >= 11 is 1.80. The molecule has 1 heterocycles. The molecule has 0 unspecified atom stereocenters. The largest absolute Gasteiger partial charge is 0.508 e. The lowest BCUT2D eigenvalue weighted by Gasteiger charge is -2.09. The maximum Gasteiger partial charge on any atom is 0.336 e. The van der Waals surface area contributed by atoms with Crippen LogP contribution in [0.15, 0.2) is 57.7 Å². The molecule has 1 aliphatic carbocycles. The Morgan fingerprint density at radius 1 is 1.04 bits per heavy atom. The summed E-state index contributed by atoms with van der Waals surface area (Å²) in [7, 11) is 0. The van der Waals surface area contributed by atoms with Crippen molar-refractivity contribution in [3.63, 3.8) is 0 Å². The van der Waals surface area contributed by atoms with Crippen LogP contribution < -0.4 is 5.63 Å². The number of aromatic hydroxyl groups is 1. The fourth-order valence-corrected chi connectivity index (χ4v) is 4.11. The van der Waals surface area contributed by atoms with Gasteiger partial charge in [-0.05, 0) is 47.6 Å². The fraction of sp³-hybridized carbons (Fsp3) is 0.250. The number of thioether (sulfide) groups is 1. The van der Waals surface area contributed by atoms with Crippen LogP contribution in [0, 0.1) is 0 Å². The molecular formula is C20H18O3S. The molecule has 2 aromatic carbocycles. The Kier molecular flexibility index (Phi) is 4.07. The van der Waals surface area contributed by atoms with E-state index in [0.717, 1.165) is 28.4 Å². The van der Waals surface area contributed by atoms with Gasteiger partial charge in [-0.3, -0.25) is 0 Å². The number of phenolic OH excluding ortho intramolecular Hbond substituents is 1. The quantitative estimate of drug-likeness (QED) is 0.678. The van der Waals surface area contributed by atoms with E-state index in [0.29, 0.717) is 5.58 Å². The van der Waals surface area contributed by atoms with Crippen molar-refractivity contribution in [2.75, 3.05) is 0 Å². The maximum absolute atomic E-state index is 11.7. The number of phenols is 1. The molecule has 4 rings (SSSR count). The zero-order valence-electron chi connectivity index (χ0n) is 13.2. The third-order valence-electron chi connectivity index (χ3n) is 4.40. The highest BCUT2D eigenvalue weighted by molar-refractivity contribution is 7.97. The highest BCUT2D eigenvalue weighted by Gasteiger charge is 2.25. The first-order chi connectivity index (χ1) is 11.7. The first kappa shape index (κ1) is 15.3. The summed E-state index contributed by atoms with van der Waals surface area (Å²) in [5, 5.41) is 10.4. The van der Waals surface area contributed by atoms with Crippen LogP contribution in [-0.4, -0.2) is 5.11 Å². The van der Waals surface area contributed by atoms with E-state index in [-0.39, 0.29) is 11.4 Å². The highest BCUT2D eigenvalue weighted by Crippen LogP contribution is 2.42. The molecule has 3 aromatic rings. The fourth-order valence-electron chi connectivity index (χ4n) is 3.07. The van der Waals surface area contributed by atoms with Crippen molar-refractivity contribution in [3.8, 4) is 5.75 Å². The molecule has 0 bridgehead atoms. The maximum atomic E-state index is 11.7. The van der Waals surface area contributed by atoms with E-state index in [1.165, 1.54) is 30.0 Å². The molecule has 1 aromatic heterocycles. The summed E-state index contributed by atoms with van der Waals surface area (Å²) < 4.78 is 5.18. The van der Waals surface area contributed by atoms with Crippen LogP contribution in [0.4, 0.5) is 0 Å². The SMILES string of the molecule is O=c1cc(CSCc2ccccc2C2CC2)c2ccc(O)cc2o1. The molecule has 0 spiro atoms. The average Bonchev–Trinajstić information content (AvgIpc) is 3.39. The number of hydrogen-bond acceptors (Lipinski definition) is 4. The van der Waals surface area contributed by atoms with E-state index in [2.05, 4.69) is 24.3 Å². The molecule has 0 radical (unpaired) electrons. The van der Waals surface area contributed by atoms with E-state index >= 15 is 0 Å². The second-order valence-corrected chi connectivity index (χ2v) is 7.22. The lowest BCUT2D eigenvalue weighted by Crippen LogP contribution is -2.00. The Hall–Kier alpha value is -2.20. The van der Waals surface area contributed by atoms with Gasteiger partial charge in [0.05, 0.1) is 0 Å². The van der Waals surface area contributed by atoms with Gasteiger partial charge in [0.15, 0.2) is 0 Å². The summed E-state index contributed by atoms with van der Waals surface area (Å²) in [5.74, 6) is 2.53. The Morgan fingerprint density at radius 3 is 2.67 bits per heavy atom. The van der Waals surface area contributed by atoms with Crippen LogP contribution in [0.1, 0.15) is 35.4 Å². The second kappa shape index (κ2) is 6.36. The number of fused-ring (bicyclic) bond motifs is 1. The van der Waals surface area contributed by atoms with Crippen molar-refractivity contribution in [1.82, 2.24) is 0 Å². The van der Waals surface area contributed by atoms with E-state index < -0.39 is 0 Å². The molecule has 1 aliphatic rings. The highest BCUT2D eigenvalue weighted by atomic mass is 32.2. The topological polar surface area (TPSA) is 50.4 Å². The molecule has 1 N–H and O–H groups in total. The van der Waals surface area contributed by atoms with Crippen LogP contribution in [0.2, 0.25) is 0 Å². The van der Waals surface area contributed by atoms with Crippen LogP contribution in [0.25, 0.3) is 11.0 Å². The van der Waals surface area contributed by atoms with Gasteiger partial charge in [-0.25, -0.2) is 4.79 Å². The van der Waals surface area contributed by atoms with Crippen LogP contribution in [0.5, 0.6) is 5.75 Å². The lowest BCUT2D eigenvalue weighted by atomic mass is 10.1. The van der Waals surface area contributed by atoms with Crippen LogP contribution in [-0.2, 0) is 11.5 Å². The van der Waals surface area contributed by atoms with Gasteiger partial charge in [-0.1, -0.05) is 24.3 Å². The van der Waals surface area contributed by atoms with Gasteiger partial charge >= 0.3 is 5.63 Å². The molecule has 0 saturated heterocycles. The predicted octanol–water partition coefficient (Wildman–Crippen LogP) is 4.81. The molecule has 0 atom stereocenters. The third-order valence-corrected chi connectivity index (χ3v) is 5.43. The van der Waals surface area contributed by atoms with E-state index in [4.69, 9.17) is 4.42 Å². The molecular weight excluding hydrogens is 320 g/mol. The number of benzene rings is 2. The molecule has 122 valence electrons. The zero-order chi connectivity index (χ0) is 16.5. The Labute approximate surface area is 144 Å². The standard InChI is InChI=1S/C20H18O3S/c21-16-7-8-18-15(9-20(22)23-19(18)10-16)12-24-11-14-3-1-2-4-17(14)13-5-6-13/h1-4,7-10,13,21H,5-6,11-12H2. The number of rotatable bonds is 5. The zero-order valence-corrected chi connectivity index (χ0v) is 14.0. The van der Waals surface area contributed by atoms with Gasteiger partial charge in [0.25, 0.3) is 0 Å². The van der Waals surface area contributed by atoms with Gasteiger partial charge in [0.1, 0.15) is 11.3 Å². The molecule has 4 heteroatoms. The monoisotopic (exact) mass is 338 g/mol. The first-order valence-corrected chi connectivity index (χ1v) is 9.27. The van der Waals surface area contributed by atoms with Crippen molar-refractivity contribution >= 4 is 22.7 Å². The van der Waals surface area contributed by atoms with Crippen molar-refractivity contribution in [1.29, 1.82) is 0 Å². The third kappa shape index (κ3) is 3.20. The van der Waals surface area contributed by atoms with Gasteiger partial charge in [0, 0.05) is 29.0 Å². The van der Waals surface area contributed by atoms with Crippen molar-refractivity contribution in [2.45, 2.75) is 30.3 Å². The summed E-state index contributed by atoms with van der Waals surface area (Å²) in [6.07, 6.45) is 2.60. The van der Waals surface area contributed by atoms with E-state index in [9.17, 15) is 9.90 Å². The molecule has 1 fully saturated rings. The summed E-state index contributed by atoms with van der Waals surface area (Å²) in [6.45, 7) is 0. The minimum atomic E-state index is -0.373. The summed E-state index contributed by atoms with van der Waals surface area (Å²) in [4.78, 5) is 11.7. The smallest absolute Gasteiger partial charge is 0.336 e. The average molecular weight is 338 g/mol. The summed E-state index contributed by atoms with van der Waals surface area (Å²) in [6, 6.07) is 15.1.